The van der Waals surface area contributed by atoms with Crippen molar-refractivity contribution in [1.82, 2.24) is 19.4 Å². The Morgan fingerprint density at radius 2 is 2.00 bits per heavy atom. The van der Waals surface area contributed by atoms with E-state index in [1.54, 1.807) is 38.1 Å². The number of ether oxygens (including phenoxy) is 2. The van der Waals surface area contributed by atoms with Crippen LogP contribution in [0.25, 0.3) is 11.0 Å². The number of hydrogen-bond donors (Lipinski definition) is 1. The van der Waals surface area contributed by atoms with Gasteiger partial charge >= 0.3 is 6.09 Å². The standard InChI is InChI=1S/C23H26FN5O4/c1-4-32-23(31)29-9-7-17(8-10-29)26-22-25-13-15-12-19(21(30)28(3)20(15)27-22)33-18-6-5-16(24)11-14(18)2/h5-6,11-13,17H,4,7-10H2,1-3H3,(H,25,26,27). The predicted molar refractivity (Wildman–Crippen MR) is 121 cm³/mol. The zero-order valence-electron chi connectivity index (χ0n) is 18.8. The summed E-state index contributed by atoms with van der Waals surface area (Å²) in [5.74, 6) is 0.554. The molecule has 0 bridgehead atoms. The van der Waals surface area contributed by atoms with E-state index in [0.717, 1.165) is 12.8 Å². The van der Waals surface area contributed by atoms with Gasteiger partial charge in [0.05, 0.1) is 6.61 Å². The van der Waals surface area contributed by atoms with Gasteiger partial charge in [0.1, 0.15) is 17.2 Å². The maximum Gasteiger partial charge on any atom is 0.409 e. The lowest BCUT2D eigenvalue weighted by Crippen LogP contribution is -2.42. The average Bonchev–Trinajstić information content (AvgIpc) is 2.80. The van der Waals surface area contributed by atoms with E-state index in [9.17, 15) is 14.0 Å². The minimum Gasteiger partial charge on any atom is -0.451 e. The molecule has 1 N–H and O–H groups in total. The fraction of sp³-hybridized carbons (Fsp3) is 0.391. The van der Waals surface area contributed by atoms with Crippen LogP contribution in [0.1, 0.15) is 25.3 Å². The molecule has 0 spiro atoms. The van der Waals surface area contributed by atoms with Gasteiger partial charge in [0.25, 0.3) is 5.56 Å². The number of carbonyl (C=O) groups is 1. The number of halogens is 1. The lowest BCUT2D eigenvalue weighted by Gasteiger charge is -2.31. The largest absolute Gasteiger partial charge is 0.451 e. The molecule has 0 unspecified atom stereocenters. The Labute approximate surface area is 190 Å². The Morgan fingerprint density at radius 1 is 1.24 bits per heavy atom. The summed E-state index contributed by atoms with van der Waals surface area (Å²) in [6.07, 6.45) is 2.82. The molecule has 33 heavy (non-hydrogen) atoms. The number of piperidine rings is 1. The highest BCUT2D eigenvalue weighted by Crippen LogP contribution is 2.25. The smallest absolute Gasteiger partial charge is 0.409 e. The lowest BCUT2D eigenvalue weighted by molar-refractivity contribution is 0.0983. The van der Waals surface area contributed by atoms with Crippen molar-refractivity contribution in [2.75, 3.05) is 25.0 Å². The topological polar surface area (TPSA) is 98.6 Å². The summed E-state index contributed by atoms with van der Waals surface area (Å²) in [6, 6.07) is 5.81. The van der Waals surface area contributed by atoms with Crippen molar-refractivity contribution in [3.63, 3.8) is 0 Å². The van der Waals surface area contributed by atoms with Gasteiger partial charge < -0.3 is 19.7 Å². The van der Waals surface area contributed by atoms with E-state index in [1.807, 2.05) is 0 Å². The van der Waals surface area contributed by atoms with Gasteiger partial charge in [-0.25, -0.2) is 14.2 Å². The molecule has 0 atom stereocenters. The summed E-state index contributed by atoms with van der Waals surface area (Å²) >= 11 is 0. The highest BCUT2D eigenvalue weighted by atomic mass is 19.1. The van der Waals surface area contributed by atoms with Crippen LogP contribution in [0, 0.1) is 12.7 Å². The molecule has 9 nitrogen and oxygen atoms in total. The van der Waals surface area contributed by atoms with Crippen molar-refractivity contribution in [3.8, 4) is 11.5 Å². The molecular formula is C23H26FN5O4. The lowest BCUT2D eigenvalue weighted by atomic mass is 10.1. The first-order valence-electron chi connectivity index (χ1n) is 10.8. The van der Waals surface area contributed by atoms with Gasteiger partial charge in [-0.2, -0.15) is 4.98 Å². The summed E-state index contributed by atoms with van der Waals surface area (Å²) in [5.41, 5.74) is 0.685. The minimum atomic E-state index is -0.369. The summed E-state index contributed by atoms with van der Waals surface area (Å²) in [4.78, 5) is 35.3. The first-order chi connectivity index (χ1) is 15.9. The van der Waals surface area contributed by atoms with E-state index in [4.69, 9.17) is 9.47 Å². The van der Waals surface area contributed by atoms with Crippen molar-refractivity contribution in [2.45, 2.75) is 32.7 Å². The Kier molecular flexibility index (Phi) is 6.43. The molecule has 1 aliphatic heterocycles. The summed E-state index contributed by atoms with van der Waals surface area (Å²) < 4.78 is 25.6. The van der Waals surface area contributed by atoms with E-state index in [0.29, 0.717) is 48.0 Å². The molecule has 4 rings (SSSR count). The number of fused-ring (bicyclic) bond motifs is 1. The molecule has 1 aromatic carbocycles. The number of nitrogens with one attached hydrogen (secondary N) is 1. The molecule has 2 aromatic heterocycles. The number of amides is 1. The van der Waals surface area contributed by atoms with E-state index in [-0.39, 0.29) is 29.3 Å². The highest BCUT2D eigenvalue weighted by Gasteiger charge is 2.24. The normalized spacial score (nSPS) is 14.4. The first-order valence-corrected chi connectivity index (χ1v) is 10.8. The maximum absolute atomic E-state index is 13.4. The van der Waals surface area contributed by atoms with Crippen LogP contribution in [0.2, 0.25) is 0 Å². The number of carbonyl (C=O) groups excluding carboxylic acids is 1. The Balaban J connectivity index is 1.50. The fourth-order valence-corrected chi connectivity index (χ4v) is 3.81. The Morgan fingerprint density at radius 3 is 2.70 bits per heavy atom. The predicted octanol–water partition coefficient (Wildman–Crippen LogP) is 3.60. The number of aryl methyl sites for hydroxylation is 2. The third kappa shape index (κ3) is 4.89. The van der Waals surface area contributed by atoms with Crippen molar-refractivity contribution < 1.29 is 18.7 Å². The number of rotatable bonds is 5. The second-order valence-corrected chi connectivity index (χ2v) is 7.96. The van der Waals surface area contributed by atoms with Crippen LogP contribution in [0.4, 0.5) is 15.1 Å². The monoisotopic (exact) mass is 455 g/mol. The minimum absolute atomic E-state index is 0.106. The third-order valence-corrected chi connectivity index (χ3v) is 5.63. The van der Waals surface area contributed by atoms with E-state index in [1.165, 1.54) is 22.8 Å². The van der Waals surface area contributed by atoms with Crippen LogP contribution in [0.15, 0.2) is 35.3 Å². The molecule has 1 fully saturated rings. The van der Waals surface area contributed by atoms with Gasteiger partial charge in [-0.1, -0.05) is 0 Å². The molecule has 10 heteroatoms. The summed E-state index contributed by atoms with van der Waals surface area (Å²) in [7, 11) is 1.61. The summed E-state index contributed by atoms with van der Waals surface area (Å²) in [5, 5.41) is 3.93. The van der Waals surface area contributed by atoms with Crippen LogP contribution in [-0.4, -0.2) is 51.3 Å². The van der Waals surface area contributed by atoms with E-state index >= 15 is 0 Å². The maximum atomic E-state index is 13.4. The fourth-order valence-electron chi connectivity index (χ4n) is 3.81. The second kappa shape index (κ2) is 9.43. The van der Waals surface area contributed by atoms with Crippen LogP contribution in [-0.2, 0) is 11.8 Å². The molecular weight excluding hydrogens is 429 g/mol. The molecule has 174 valence electrons. The number of hydrogen-bond acceptors (Lipinski definition) is 7. The Bertz CT molecular complexity index is 1240. The van der Waals surface area contributed by atoms with Gasteiger partial charge in [0, 0.05) is 37.8 Å². The van der Waals surface area contributed by atoms with Crippen molar-refractivity contribution >= 4 is 23.1 Å². The molecule has 1 amide bonds. The molecule has 0 aliphatic carbocycles. The van der Waals surface area contributed by atoms with Crippen LogP contribution in [0.3, 0.4) is 0 Å². The first kappa shape index (κ1) is 22.5. The van der Waals surface area contributed by atoms with Gasteiger partial charge in [0.2, 0.25) is 5.95 Å². The molecule has 3 heterocycles. The molecule has 0 saturated carbocycles. The van der Waals surface area contributed by atoms with Gasteiger partial charge in [-0.05, 0) is 56.5 Å². The van der Waals surface area contributed by atoms with Crippen LogP contribution >= 0.6 is 0 Å². The van der Waals surface area contributed by atoms with Gasteiger partial charge in [-0.3, -0.25) is 9.36 Å². The van der Waals surface area contributed by atoms with E-state index < -0.39 is 0 Å². The number of nitrogens with zero attached hydrogens (tertiary/aromatic N) is 4. The highest BCUT2D eigenvalue weighted by molar-refractivity contribution is 5.77. The SMILES string of the molecule is CCOC(=O)N1CCC(Nc2ncc3cc(Oc4ccc(F)cc4C)c(=O)n(C)c3n2)CC1. The zero-order chi connectivity index (χ0) is 23.5. The van der Waals surface area contributed by atoms with Crippen LogP contribution < -0.4 is 15.6 Å². The summed E-state index contributed by atoms with van der Waals surface area (Å²) in [6.45, 7) is 5.03. The molecule has 1 saturated heterocycles. The van der Waals surface area contributed by atoms with Gasteiger partial charge in [0.15, 0.2) is 5.75 Å². The van der Waals surface area contributed by atoms with Crippen molar-refractivity contribution in [1.29, 1.82) is 0 Å². The number of benzene rings is 1. The third-order valence-electron chi connectivity index (χ3n) is 5.63. The van der Waals surface area contributed by atoms with Crippen LogP contribution in [0.5, 0.6) is 11.5 Å². The Hall–Kier alpha value is -3.69. The number of pyridine rings is 1. The van der Waals surface area contributed by atoms with Crippen molar-refractivity contribution in [3.05, 3.63) is 52.2 Å². The van der Waals surface area contributed by atoms with E-state index in [2.05, 4.69) is 15.3 Å². The molecule has 1 aliphatic rings. The average molecular weight is 455 g/mol. The van der Waals surface area contributed by atoms with Crippen molar-refractivity contribution in [2.24, 2.45) is 7.05 Å². The molecule has 0 radical (unpaired) electrons. The number of aromatic nitrogens is 3. The van der Waals surface area contributed by atoms with Gasteiger partial charge in [-0.15, -0.1) is 0 Å². The second-order valence-electron chi connectivity index (χ2n) is 7.96. The number of anilines is 1. The zero-order valence-corrected chi connectivity index (χ0v) is 18.8. The number of likely N-dealkylation sites (tertiary alicyclic amines) is 1. The molecule has 3 aromatic rings. The quantitative estimate of drug-likeness (QED) is 0.628.